The average Bonchev–Trinajstić information content (AvgIpc) is 3.00. The Bertz CT molecular complexity index is 765. The van der Waals surface area contributed by atoms with E-state index in [1.807, 2.05) is 31.2 Å². The Hall–Kier alpha value is -1.79. The highest BCUT2D eigenvalue weighted by molar-refractivity contribution is 9.10. The van der Waals surface area contributed by atoms with Crippen molar-refractivity contribution in [1.82, 2.24) is 5.32 Å². The van der Waals surface area contributed by atoms with Crippen molar-refractivity contribution in [3.05, 3.63) is 57.3 Å². The zero-order chi connectivity index (χ0) is 14.8. The SMILES string of the molecule is Cc1ccccc1N=C1NC(=O)/C(=C\c2ccc(Br)o2)S1. The maximum Gasteiger partial charge on any atom is 0.264 e. The second kappa shape index (κ2) is 5.91. The molecule has 0 saturated carbocycles. The quantitative estimate of drug-likeness (QED) is 0.812. The Labute approximate surface area is 134 Å². The van der Waals surface area contributed by atoms with Crippen LogP contribution in [0.1, 0.15) is 11.3 Å². The number of para-hydroxylation sites is 1. The average molecular weight is 363 g/mol. The van der Waals surface area contributed by atoms with Crippen LogP contribution in [-0.4, -0.2) is 11.1 Å². The number of hydrogen-bond donors (Lipinski definition) is 1. The van der Waals surface area contributed by atoms with Gasteiger partial charge in [0, 0.05) is 6.08 Å². The molecular weight excluding hydrogens is 352 g/mol. The molecule has 21 heavy (non-hydrogen) atoms. The van der Waals surface area contributed by atoms with E-state index in [-0.39, 0.29) is 5.91 Å². The number of carbonyl (C=O) groups excluding carboxylic acids is 1. The summed E-state index contributed by atoms with van der Waals surface area (Å²) in [6.07, 6.45) is 1.70. The summed E-state index contributed by atoms with van der Waals surface area (Å²) in [5.74, 6) is 0.455. The van der Waals surface area contributed by atoms with E-state index in [4.69, 9.17) is 4.42 Å². The third-order valence-electron chi connectivity index (χ3n) is 2.86. The lowest BCUT2D eigenvalue weighted by Crippen LogP contribution is -2.19. The van der Waals surface area contributed by atoms with Crippen LogP contribution in [0, 0.1) is 6.92 Å². The van der Waals surface area contributed by atoms with Gasteiger partial charge >= 0.3 is 0 Å². The van der Waals surface area contributed by atoms with Gasteiger partial charge in [-0.05, 0) is 58.4 Å². The minimum Gasteiger partial charge on any atom is -0.450 e. The van der Waals surface area contributed by atoms with Crippen molar-refractivity contribution in [3.63, 3.8) is 0 Å². The molecule has 0 bridgehead atoms. The number of amidine groups is 1. The molecule has 0 spiro atoms. The number of aryl methyl sites for hydroxylation is 1. The maximum atomic E-state index is 11.9. The van der Waals surface area contributed by atoms with Crippen LogP contribution < -0.4 is 5.32 Å². The molecule has 2 aromatic rings. The first-order valence-electron chi connectivity index (χ1n) is 6.22. The van der Waals surface area contributed by atoms with Gasteiger partial charge in [-0.1, -0.05) is 18.2 Å². The molecule has 1 aromatic carbocycles. The van der Waals surface area contributed by atoms with E-state index >= 15 is 0 Å². The number of halogens is 1. The predicted octanol–water partition coefficient (Wildman–Crippen LogP) is 4.24. The van der Waals surface area contributed by atoms with E-state index in [0.29, 0.717) is 20.5 Å². The highest BCUT2D eigenvalue weighted by Gasteiger charge is 2.24. The first kappa shape index (κ1) is 14.2. The molecule has 1 aliphatic heterocycles. The van der Waals surface area contributed by atoms with Crippen molar-refractivity contribution in [3.8, 4) is 0 Å². The topological polar surface area (TPSA) is 54.6 Å². The lowest BCUT2D eigenvalue weighted by atomic mass is 10.2. The summed E-state index contributed by atoms with van der Waals surface area (Å²) in [4.78, 5) is 17.0. The molecule has 6 heteroatoms. The zero-order valence-corrected chi connectivity index (χ0v) is 13.5. The second-order valence-electron chi connectivity index (χ2n) is 4.41. The van der Waals surface area contributed by atoms with E-state index in [0.717, 1.165) is 11.3 Å². The Morgan fingerprint density at radius 2 is 2.10 bits per heavy atom. The van der Waals surface area contributed by atoms with Gasteiger partial charge in [0.1, 0.15) is 5.76 Å². The molecular formula is C15H11BrN2O2S. The van der Waals surface area contributed by atoms with Crippen molar-refractivity contribution in [2.24, 2.45) is 4.99 Å². The lowest BCUT2D eigenvalue weighted by molar-refractivity contribution is -0.115. The summed E-state index contributed by atoms with van der Waals surface area (Å²) in [6, 6.07) is 11.4. The number of nitrogens with one attached hydrogen (secondary N) is 1. The molecule has 2 heterocycles. The van der Waals surface area contributed by atoms with Gasteiger partial charge in [0.05, 0.1) is 10.6 Å². The fraction of sp³-hybridized carbons (Fsp3) is 0.0667. The summed E-state index contributed by atoms with van der Waals surface area (Å²) in [5, 5.41) is 3.33. The standard InChI is InChI=1S/C15H11BrN2O2S/c1-9-4-2-3-5-11(9)17-15-18-14(19)12(21-15)8-10-6-7-13(16)20-10/h2-8H,1H3,(H,17,18,19)/b12-8+. The van der Waals surface area contributed by atoms with Crippen LogP contribution in [-0.2, 0) is 4.79 Å². The van der Waals surface area contributed by atoms with Gasteiger partial charge in [-0.3, -0.25) is 4.79 Å². The number of thioether (sulfide) groups is 1. The largest absolute Gasteiger partial charge is 0.450 e. The van der Waals surface area contributed by atoms with Crippen LogP contribution in [0.15, 0.2) is 55.4 Å². The molecule has 3 rings (SSSR count). The minimum atomic E-state index is -0.167. The Balaban J connectivity index is 1.85. The Morgan fingerprint density at radius 1 is 1.29 bits per heavy atom. The molecule has 0 radical (unpaired) electrons. The van der Waals surface area contributed by atoms with Gasteiger partial charge in [-0.2, -0.15) is 0 Å². The molecule has 1 fully saturated rings. The van der Waals surface area contributed by atoms with Gasteiger partial charge < -0.3 is 9.73 Å². The molecule has 1 N–H and O–H groups in total. The van der Waals surface area contributed by atoms with E-state index in [9.17, 15) is 4.79 Å². The maximum absolute atomic E-state index is 11.9. The molecule has 1 amide bonds. The van der Waals surface area contributed by atoms with E-state index in [2.05, 4.69) is 26.2 Å². The number of carbonyl (C=O) groups is 1. The lowest BCUT2D eigenvalue weighted by Gasteiger charge is -1.99. The number of benzene rings is 1. The third-order valence-corrected chi connectivity index (χ3v) is 4.19. The van der Waals surface area contributed by atoms with Crippen LogP contribution >= 0.6 is 27.7 Å². The van der Waals surface area contributed by atoms with Crippen LogP contribution in [0.4, 0.5) is 5.69 Å². The smallest absolute Gasteiger partial charge is 0.264 e. The third kappa shape index (κ3) is 3.28. The van der Waals surface area contributed by atoms with Crippen LogP contribution in [0.2, 0.25) is 0 Å². The minimum absolute atomic E-state index is 0.167. The van der Waals surface area contributed by atoms with Crippen LogP contribution in [0.5, 0.6) is 0 Å². The van der Waals surface area contributed by atoms with Crippen molar-refractivity contribution in [2.45, 2.75) is 6.92 Å². The van der Waals surface area contributed by atoms with E-state index < -0.39 is 0 Å². The molecule has 4 nitrogen and oxygen atoms in total. The molecule has 1 aromatic heterocycles. The highest BCUT2D eigenvalue weighted by Crippen LogP contribution is 2.29. The summed E-state index contributed by atoms with van der Waals surface area (Å²) in [7, 11) is 0. The molecule has 106 valence electrons. The molecule has 1 saturated heterocycles. The number of hydrogen-bond acceptors (Lipinski definition) is 4. The van der Waals surface area contributed by atoms with Crippen LogP contribution in [0.25, 0.3) is 6.08 Å². The molecule has 0 aliphatic carbocycles. The monoisotopic (exact) mass is 362 g/mol. The first-order valence-corrected chi connectivity index (χ1v) is 7.83. The number of furan rings is 1. The van der Waals surface area contributed by atoms with Crippen LogP contribution in [0.3, 0.4) is 0 Å². The Morgan fingerprint density at radius 3 is 2.81 bits per heavy atom. The molecule has 0 unspecified atom stereocenters. The second-order valence-corrected chi connectivity index (χ2v) is 6.22. The normalized spacial score (nSPS) is 18.5. The highest BCUT2D eigenvalue weighted by atomic mass is 79.9. The van der Waals surface area contributed by atoms with E-state index in [1.165, 1.54) is 11.8 Å². The summed E-state index contributed by atoms with van der Waals surface area (Å²) < 4.78 is 6.00. The number of nitrogens with zero attached hydrogens (tertiary/aromatic N) is 1. The summed E-state index contributed by atoms with van der Waals surface area (Å²) >= 11 is 4.54. The van der Waals surface area contributed by atoms with Crippen molar-refractivity contribution < 1.29 is 9.21 Å². The first-order chi connectivity index (χ1) is 10.1. The van der Waals surface area contributed by atoms with Gasteiger partial charge in [0.15, 0.2) is 9.84 Å². The number of amides is 1. The Kier molecular flexibility index (Phi) is 3.98. The van der Waals surface area contributed by atoms with Crippen molar-refractivity contribution >= 4 is 50.5 Å². The van der Waals surface area contributed by atoms with Gasteiger partial charge in [0.2, 0.25) is 0 Å². The van der Waals surface area contributed by atoms with E-state index in [1.54, 1.807) is 18.2 Å². The van der Waals surface area contributed by atoms with Gasteiger partial charge in [-0.15, -0.1) is 0 Å². The summed E-state index contributed by atoms with van der Waals surface area (Å²) in [6.45, 7) is 1.98. The van der Waals surface area contributed by atoms with Gasteiger partial charge in [0.25, 0.3) is 5.91 Å². The van der Waals surface area contributed by atoms with Crippen molar-refractivity contribution in [2.75, 3.05) is 0 Å². The predicted molar refractivity (Wildman–Crippen MR) is 88.4 cm³/mol. The fourth-order valence-corrected chi connectivity index (χ4v) is 2.95. The zero-order valence-electron chi connectivity index (χ0n) is 11.1. The number of aliphatic imine (C=N–C) groups is 1. The molecule has 1 aliphatic rings. The summed E-state index contributed by atoms with van der Waals surface area (Å²) in [5.41, 5.74) is 1.91. The fourth-order valence-electron chi connectivity index (χ4n) is 1.81. The van der Waals surface area contributed by atoms with Crippen molar-refractivity contribution in [1.29, 1.82) is 0 Å². The number of rotatable bonds is 2. The molecule has 0 atom stereocenters. The van der Waals surface area contributed by atoms with Gasteiger partial charge in [-0.25, -0.2) is 4.99 Å².